The van der Waals surface area contributed by atoms with Gasteiger partial charge in [-0.25, -0.2) is 0 Å². The minimum Gasteiger partial charge on any atom is -0.294 e. The Labute approximate surface area is 118 Å². The molecule has 0 spiro atoms. The molecule has 0 N–H and O–H groups in total. The number of Topliss-reactive ketones (excluding diaryl/α,β-unsaturated/α-hetero) is 2. The average Bonchev–Trinajstić information content (AvgIpc) is 2.44. The van der Waals surface area contributed by atoms with E-state index in [1.54, 1.807) is 36.4 Å². The first kappa shape index (κ1) is 15.0. The van der Waals surface area contributed by atoms with Crippen molar-refractivity contribution in [2.45, 2.75) is 12.6 Å². The van der Waals surface area contributed by atoms with E-state index in [0.29, 0.717) is 10.8 Å². The van der Waals surface area contributed by atoms with Crippen molar-refractivity contribution in [1.29, 1.82) is 0 Å². The summed E-state index contributed by atoms with van der Waals surface area (Å²) in [5, 5.41) is 1.22. The third kappa shape index (κ3) is 3.02. The number of carbonyl (C=O) groups is 2. The van der Waals surface area contributed by atoms with Gasteiger partial charge in [0, 0.05) is 5.56 Å². The van der Waals surface area contributed by atoms with Crippen molar-refractivity contribution in [2.24, 2.45) is 0 Å². The molecule has 0 radical (unpaired) electrons. The molecule has 0 aromatic heterocycles. The highest BCUT2D eigenvalue weighted by atomic mass is 19.4. The Kier molecular flexibility index (Phi) is 3.93. The summed E-state index contributed by atoms with van der Waals surface area (Å²) >= 11 is 0. The molecular formula is C16H11F3O2. The van der Waals surface area contributed by atoms with E-state index in [9.17, 15) is 22.8 Å². The van der Waals surface area contributed by atoms with Crippen LogP contribution in [0.5, 0.6) is 0 Å². The van der Waals surface area contributed by atoms with E-state index in [4.69, 9.17) is 0 Å². The molecule has 0 unspecified atom stereocenters. The largest absolute Gasteiger partial charge is 0.450 e. The van der Waals surface area contributed by atoms with Crippen LogP contribution >= 0.6 is 0 Å². The van der Waals surface area contributed by atoms with E-state index in [-0.39, 0.29) is 5.56 Å². The zero-order valence-corrected chi connectivity index (χ0v) is 10.9. The lowest BCUT2D eigenvalue weighted by atomic mass is 9.95. The topological polar surface area (TPSA) is 34.1 Å². The molecule has 5 heteroatoms. The predicted molar refractivity (Wildman–Crippen MR) is 74.0 cm³/mol. The molecule has 2 nitrogen and oxygen atoms in total. The fourth-order valence-electron chi connectivity index (χ4n) is 2.08. The summed E-state index contributed by atoms with van der Waals surface area (Å²) in [6.07, 6.45) is -4.58. The number of hydrogen-bond acceptors (Lipinski definition) is 2. The average molecular weight is 292 g/mol. The molecule has 0 aliphatic heterocycles. The SMILES string of the molecule is C=Cc1ccc(C(=O)CC(=O)C(F)(F)F)c2ccccc12. The molecule has 0 atom stereocenters. The lowest BCUT2D eigenvalue weighted by molar-refractivity contribution is -0.170. The van der Waals surface area contributed by atoms with E-state index in [1.165, 1.54) is 6.07 Å². The zero-order valence-electron chi connectivity index (χ0n) is 10.9. The maximum Gasteiger partial charge on any atom is 0.450 e. The van der Waals surface area contributed by atoms with Crippen LogP contribution in [-0.4, -0.2) is 17.7 Å². The van der Waals surface area contributed by atoms with Crippen molar-refractivity contribution in [1.82, 2.24) is 0 Å². The van der Waals surface area contributed by atoms with Crippen LogP contribution in [0, 0.1) is 0 Å². The van der Waals surface area contributed by atoms with Gasteiger partial charge in [-0.05, 0) is 16.3 Å². The van der Waals surface area contributed by atoms with Crippen molar-refractivity contribution >= 4 is 28.4 Å². The Balaban J connectivity index is 2.46. The molecule has 21 heavy (non-hydrogen) atoms. The summed E-state index contributed by atoms with van der Waals surface area (Å²) in [5.74, 6) is -2.88. The first-order valence-corrected chi connectivity index (χ1v) is 6.12. The highest BCUT2D eigenvalue weighted by Crippen LogP contribution is 2.26. The number of benzene rings is 2. The molecule has 108 valence electrons. The summed E-state index contributed by atoms with van der Waals surface area (Å²) in [6, 6.07) is 9.83. The van der Waals surface area contributed by atoms with Gasteiger partial charge in [0.1, 0.15) is 0 Å². The minimum atomic E-state index is -4.99. The number of ketones is 2. The van der Waals surface area contributed by atoms with Crippen molar-refractivity contribution in [3.63, 3.8) is 0 Å². The molecule has 0 aliphatic rings. The normalized spacial score (nSPS) is 11.4. The molecule has 0 amide bonds. The second-order valence-corrected chi connectivity index (χ2v) is 4.47. The second kappa shape index (κ2) is 5.52. The van der Waals surface area contributed by atoms with Crippen LogP contribution < -0.4 is 0 Å². The van der Waals surface area contributed by atoms with Crippen LogP contribution in [0.3, 0.4) is 0 Å². The van der Waals surface area contributed by atoms with Crippen LogP contribution in [0.2, 0.25) is 0 Å². The lowest BCUT2D eigenvalue weighted by Crippen LogP contribution is -2.25. The Bertz CT molecular complexity index is 730. The van der Waals surface area contributed by atoms with Gasteiger partial charge in [-0.3, -0.25) is 9.59 Å². The van der Waals surface area contributed by atoms with Gasteiger partial charge < -0.3 is 0 Å². The summed E-state index contributed by atoms with van der Waals surface area (Å²) in [5.41, 5.74) is 0.873. The highest BCUT2D eigenvalue weighted by Gasteiger charge is 2.39. The van der Waals surface area contributed by atoms with E-state index < -0.39 is 24.2 Å². The van der Waals surface area contributed by atoms with Crippen LogP contribution in [0.4, 0.5) is 13.2 Å². The van der Waals surface area contributed by atoms with Crippen LogP contribution in [0.1, 0.15) is 22.3 Å². The molecule has 2 rings (SSSR count). The van der Waals surface area contributed by atoms with Crippen molar-refractivity contribution in [3.05, 3.63) is 54.1 Å². The number of hydrogen-bond donors (Lipinski definition) is 0. The molecule has 2 aromatic rings. The van der Waals surface area contributed by atoms with Gasteiger partial charge in [-0.15, -0.1) is 0 Å². The Morgan fingerprint density at radius 3 is 2.24 bits per heavy atom. The third-order valence-corrected chi connectivity index (χ3v) is 3.12. The van der Waals surface area contributed by atoms with Gasteiger partial charge in [-0.1, -0.05) is 49.1 Å². The van der Waals surface area contributed by atoms with Crippen LogP contribution in [-0.2, 0) is 4.79 Å². The van der Waals surface area contributed by atoms with Gasteiger partial charge >= 0.3 is 6.18 Å². The number of alkyl halides is 3. The molecule has 2 aromatic carbocycles. The van der Waals surface area contributed by atoms with Crippen molar-refractivity contribution < 1.29 is 22.8 Å². The number of halogens is 3. The fourth-order valence-corrected chi connectivity index (χ4v) is 2.08. The van der Waals surface area contributed by atoms with Gasteiger partial charge in [0.2, 0.25) is 5.78 Å². The van der Waals surface area contributed by atoms with E-state index >= 15 is 0 Å². The third-order valence-electron chi connectivity index (χ3n) is 3.12. The van der Waals surface area contributed by atoms with E-state index in [0.717, 1.165) is 5.56 Å². The summed E-state index contributed by atoms with van der Waals surface area (Å²) in [7, 11) is 0. The van der Waals surface area contributed by atoms with Crippen molar-refractivity contribution in [2.75, 3.05) is 0 Å². The molecule has 0 heterocycles. The van der Waals surface area contributed by atoms with E-state index in [1.807, 2.05) is 0 Å². The molecule has 0 aliphatic carbocycles. The lowest BCUT2D eigenvalue weighted by Gasteiger charge is -2.09. The maximum absolute atomic E-state index is 12.2. The monoisotopic (exact) mass is 292 g/mol. The first-order chi connectivity index (χ1) is 9.84. The number of fused-ring (bicyclic) bond motifs is 1. The van der Waals surface area contributed by atoms with Crippen LogP contribution in [0.25, 0.3) is 16.8 Å². The van der Waals surface area contributed by atoms with Gasteiger partial charge in [0.25, 0.3) is 0 Å². The van der Waals surface area contributed by atoms with Gasteiger partial charge in [0.05, 0.1) is 6.42 Å². The van der Waals surface area contributed by atoms with Gasteiger partial charge in [-0.2, -0.15) is 13.2 Å². The first-order valence-electron chi connectivity index (χ1n) is 6.12. The maximum atomic E-state index is 12.2. The second-order valence-electron chi connectivity index (χ2n) is 4.47. The highest BCUT2D eigenvalue weighted by molar-refractivity contribution is 6.16. The van der Waals surface area contributed by atoms with E-state index in [2.05, 4.69) is 6.58 Å². The fraction of sp³-hybridized carbons (Fsp3) is 0.125. The van der Waals surface area contributed by atoms with Gasteiger partial charge in [0.15, 0.2) is 5.78 Å². The summed E-state index contributed by atoms with van der Waals surface area (Å²) in [6.45, 7) is 3.65. The summed E-state index contributed by atoms with van der Waals surface area (Å²) < 4.78 is 36.7. The molecule has 0 fully saturated rings. The Hall–Kier alpha value is -2.43. The quantitative estimate of drug-likeness (QED) is 0.625. The zero-order chi connectivity index (χ0) is 15.6. The Morgan fingerprint density at radius 1 is 1.05 bits per heavy atom. The molecule has 0 saturated carbocycles. The smallest absolute Gasteiger partial charge is 0.294 e. The number of carbonyl (C=O) groups excluding carboxylic acids is 2. The predicted octanol–water partition coefficient (Wildman–Crippen LogP) is 4.19. The molecule has 0 saturated heterocycles. The Morgan fingerprint density at radius 2 is 1.67 bits per heavy atom. The minimum absolute atomic E-state index is 0.105. The molecular weight excluding hydrogens is 281 g/mol. The molecule has 0 bridgehead atoms. The van der Waals surface area contributed by atoms with Crippen LogP contribution in [0.15, 0.2) is 43.0 Å². The van der Waals surface area contributed by atoms with Crippen molar-refractivity contribution in [3.8, 4) is 0 Å². The summed E-state index contributed by atoms with van der Waals surface area (Å²) in [4.78, 5) is 22.9. The number of rotatable bonds is 4. The standard InChI is InChI=1S/C16H11F3O2/c1-2-10-7-8-13(12-6-4-3-5-11(10)12)14(20)9-15(21)16(17,18)19/h2-8H,1,9H2.